The Morgan fingerprint density at radius 2 is 1.97 bits per heavy atom. The molecule has 0 unspecified atom stereocenters. The normalized spacial score (nSPS) is 13.5. The fourth-order valence-corrected chi connectivity index (χ4v) is 5.48. The van der Waals surface area contributed by atoms with Gasteiger partial charge in [-0.05, 0) is 60.4 Å². The van der Waals surface area contributed by atoms with Crippen LogP contribution in [0, 0.1) is 6.92 Å². The van der Waals surface area contributed by atoms with Crippen LogP contribution in [0.3, 0.4) is 0 Å². The molecule has 0 atom stereocenters. The third kappa shape index (κ3) is 3.78. The summed E-state index contributed by atoms with van der Waals surface area (Å²) >= 11 is 1.80. The van der Waals surface area contributed by atoms with Crippen molar-refractivity contribution in [3.8, 4) is 11.4 Å². The summed E-state index contributed by atoms with van der Waals surface area (Å²) in [5, 5.41) is 5.46. The predicted octanol–water partition coefficient (Wildman–Crippen LogP) is 4.92. The molecule has 4 heterocycles. The molecule has 0 fully saturated rings. The first-order valence-corrected chi connectivity index (χ1v) is 12.1. The molecule has 1 aliphatic heterocycles. The van der Waals surface area contributed by atoms with Gasteiger partial charge in [0.15, 0.2) is 5.13 Å². The summed E-state index contributed by atoms with van der Waals surface area (Å²) in [5.74, 6) is 0. The highest BCUT2D eigenvalue weighted by atomic mass is 32.1. The van der Waals surface area contributed by atoms with Gasteiger partial charge in [-0.3, -0.25) is 9.36 Å². The number of nitrogens with zero attached hydrogens (tertiary/aromatic N) is 6. The van der Waals surface area contributed by atoms with Gasteiger partial charge in [-0.15, -0.1) is 11.3 Å². The molecule has 5 aromatic rings. The van der Waals surface area contributed by atoms with Crippen molar-refractivity contribution in [2.24, 2.45) is 7.05 Å². The van der Waals surface area contributed by atoms with E-state index in [-0.39, 0.29) is 0 Å². The summed E-state index contributed by atoms with van der Waals surface area (Å²) < 4.78 is 6.28. The van der Waals surface area contributed by atoms with Crippen molar-refractivity contribution < 1.29 is 0 Å². The Balaban J connectivity index is 1.19. The lowest BCUT2D eigenvalue weighted by molar-refractivity contribution is 0.558. The third-order valence-corrected chi connectivity index (χ3v) is 7.54. The third-order valence-electron chi connectivity index (χ3n) is 6.48. The van der Waals surface area contributed by atoms with E-state index < -0.39 is 0 Å². The Morgan fingerprint density at radius 1 is 1.03 bits per heavy atom. The maximum atomic E-state index is 4.79. The van der Waals surface area contributed by atoms with E-state index in [9.17, 15) is 0 Å². The van der Waals surface area contributed by atoms with Gasteiger partial charge in [0.1, 0.15) is 0 Å². The second-order valence-electron chi connectivity index (χ2n) is 8.67. The zero-order valence-corrected chi connectivity index (χ0v) is 19.7. The van der Waals surface area contributed by atoms with Crippen LogP contribution < -0.4 is 4.90 Å². The average molecular weight is 455 g/mol. The topological polar surface area (TPSA) is 43.8 Å². The Labute approximate surface area is 197 Å². The van der Waals surface area contributed by atoms with Crippen LogP contribution in [0.15, 0.2) is 73.3 Å². The molecule has 3 aromatic heterocycles. The van der Waals surface area contributed by atoms with E-state index in [0.717, 1.165) is 36.8 Å². The average Bonchev–Trinajstić information content (AvgIpc) is 3.54. The van der Waals surface area contributed by atoms with E-state index >= 15 is 0 Å². The maximum absolute atomic E-state index is 4.79. The molecular weight excluding hydrogens is 428 g/mol. The van der Waals surface area contributed by atoms with Gasteiger partial charge in [-0.25, -0.2) is 9.67 Å². The van der Waals surface area contributed by atoms with Gasteiger partial charge in [0.25, 0.3) is 0 Å². The minimum Gasteiger partial charge on any atom is -0.343 e. The number of aryl methyl sites for hydroxylation is 1. The molecule has 0 saturated heterocycles. The summed E-state index contributed by atoms with van der Waals surface area (Å²) in [4.78, 5) is 8.49. The highest BCUT2D eigenvalue weighted by molar-refractivity contribution is 7.15. The number of thiazole rings is 1. The van der Waals surface area contributed by atoms with Crippen molar-refractivity contribution in [1.29, 1.82) is 0 Å². The van der Waals surface area contributed by atoms with E-state index in [1.165, 1.54) is 32.9 Å². The van der Waals surface area contributed by atoms with Crippen molar-refractivity contribution >= 4 is 16.5 Å². The molecule has 6 nitrogen and oxygen atoms in total. The lowest BCUT2D eigenvalue weighted by atomic mass is 9.99. The standard InChI is InChI=1S/C26H26N6S/c1-19-17-32(29(19)2)24-8-7-21-9-12-30(18-22(21)15-24)26-27-16-25(33-26)14-20-5-3-6-23(13-20)31-11-4-10-28-31/h3-8,10-11,13,15-17H,9,12,14,18H2,1-2H3. The van der Waals surface area contributed by atoms with Gasteiger partial charge in [-0.1, -0.05) is 18.2 Å². The number of rotatable bonds is 5. The second kappa shape index (κ2) is 8.08. The lowest BCUT2D eigenvalue weighted by Crippen LogP contribution is -2.30. The highest BCUT2D eigenvalue weighted by Crippen LogP contribution is 2.30. The van der Waals surface area contributed by atoms with Gasteiger partial charge in [0.2, 0.25) is 0 Å². The number of anilines is 1. The fourth-order valence-electron chi connectivity index (χ4n) is 4.51. The van der Waals surface area contributed by atoms with E-state index in [2.05, 4.69) is 82.0 Å². The molecule has 6 rings (SSSR count). The van der Waals surface area contributed by atoms with Gasteiger partial charge in [0.05, 0.1) is 17.1 Å². The minimum atomic E-state index is 0.883. The van der Waals surface area contributed by atoms with Crippen LogP contribution in [-0.2, 0) is 26.4 Å². The molecule has 0 amide bonds. The van der Waals surface area contributed by atoms with Crippen LogP contribution in [0.5, 0.6) is 0 Å². The van der Waals surface area contributed by atoms with Crippen LogP contribution in [-0.4, -0.2) is 30.7 Å². The summed E-state index contributed by atoms with van der Waals surface area (Å²) in [6.07, 6.45) is 9.93. The maximum Gasteiger partial charge on any atom is 0.185 e. The summed E-state index contributed by atoms with van der Waals surface area (Å²) in [5.41, 5.74) is 7.71. The second-order valence-corrected chi connectivity index (χ2v) is 9.76. The molecule has 0 bridgehead atoms. The van der Waals surface area contributed by atoms with Crippen LogP contribution >= 0.6 is 11.3 Å². The Bertz CT molecular complexity index is 1400. The van der Waals surface area contributed by atoms with E-state index in [0.29, 0.717) is 0 Å². The van der Waals surface area contributed by atoms with Crippen LogP contribution in [0.1, 0.15) is 27.3 Å². The molecule has 0 aliphatic carbocycles. The van der Waals surface area contributed by atoms with Crippen molar-refractivity contribution in [2.45, 2.75) is 26.3 Å². The molecule has 0 radical (unpaired) electrons. The molecule has 166 valence electrons. The largest absolute Gasteiger partial charge is 0.343 e. The number of hydrogen-bond donors (Lipinski definition) is 0. The van der Waals surface area contributed by atoms with Crippen LogP contribution in [0.2, 0.25) is 0 Å². The van der Waals surface area contributed by atoms with Crippen LogP contribution in [0.4, 0.5) is 5.13 Å². The first-order valence-electron chi connectivity index (χ1n) is 11.3. The number of fused-ring (bicyclic) bond motifs is 1. The Hall–Kier alpha value is -3.58. The van der Waals surface area contributed by atoms with Gasteiger partial charge < -0.3 is 4.90 Å². The lowest BCUT2D eigenvalue weighted by Gasteiger charge is -2.30. The van der Waals surface area contributed by atoms with Crippen molar-refractivity contribution in [1.82, 2.24) is 24.1 Å². The monoisotopic (exact) mass is 454 g/mol. The van der Waals surface area contributed by atoms with E-state index in [1.54, 1.807) is 17.5 Å². The first kappa shape index (κ1) is 20.1. The first-order chi connectivity index (χ1) is 16.1. The van der Waals surface area contributed by atoms with Gasteiger partial charge in [-0.2, -0.15) is 5.10 Å². The highest BCUT2D eigenvalue weighted by Gasteiger charge is 2.20. The molecule has 33 heavy (non-hydrogen) atoms. The zero-order chi connectivity index (χ0) is 22.4. The number of hydrogen-bond acceptors (Lipinski definition) is 4. The van der Waals surface area contributed by atoms with E-state index in [4.69, 9.17) is 4.98 Å². The molecule has 7 heteroatoms. The van der Waals surface area contributed by atoms with Crippen molar-refractivity contribution in [2.75, 3.05) is 11.4 Å². The smallest absolute Gasteiger partial charge is 0.185 e. The molecule has 2 aromatic carbocycles. The van der Waals surface area contributed by atoms with Crippen molar-refractivity contribution in [3.63, 3.8) is 0 Å². The van der Waals surface area contributed by atoms with E-state index in [1.807, 2.05) is 23.1 Å². The quantitative estimate of drug-likeness (QED) is 0.379. The minimum absolute atomic E-state index is 0.883. The van der Waals surface area contributed by atoms with Gasteiger partial charge >= 0.3 is 0 Å². The summed E-state index contributed by atoms with van der Waals surface area (Å²) in [7, 11) is 2.10. The summed E-state index contributed by atoms with van der Waals surface area (Å²) in [6.45, 7) is 4.05. The van der Waals surface area contributed by atoms with Crippen LogP contribution in [0.25, 0.3) is 11.4 Å². The predicted molar refractivity (Wildman–Crippen MR) is 133 cm³/mol. The fraction of sp³-hybridized carbons (Fsp3) is 0.231. The molecular formula is C26H26N6S. The zero-order valence-electron chi connectivity index (χ0n) is 18.8. The number of benzene rings is 2. The Kier molecular flexibility index (Phi) is 4.91. The molecule has 0 saturated carbocycles. The van der Waals surface area contributed by atoms with Crippen molar-refractivity contribution in [3.05, 3.63) is 101 Å². The SMILES string of the molecule is Cc1cn(-c2ccc3c(c2)CN(c2ncc(Cc4cccc(-n5cccn5)c4)s2)CC3)n1C. The number of aromatic nitrogens is 5. The van der Waals surface area contributed by atoms with Gasteiger partial charge in [0, 0.05) is 56.2 Å². The molecule has 0 spiro atoms. The molecule has 1 aliphatic rings. The molecule has 0 N–H and O–H groups in total. The summed E-state index contributed by atoms with van der Waals surface area (Å²) in [6, 6.07) is 17.4. The Morgan fingerprint density at radius 3 is 2.79 bits per heavy atom.